The lowest BCUT2D eigenvalue weighted by Crippen LogP contribution is -2.59. The maximum absolute atomic E-state index is 13.5. The zero-order valence-electron chi connectivity index (χ0n) is 20.5. The Morgan fingerprint density at radius 2 is 1.65 bits per heavy atom. The number of carbonyl (C=O) groups excluding carboxylic acids is 3. The zero-order chi connectivity index (χ0) is 24.2. The molecular weight excluding hydrogens is 430 g/mol. The van der Waals surface area contributed by atoms with E-state index in [1.54, 1.807) is 14.0 Å². The number of nitrogens with one attached hydrogen (secondary N) is 2. The molecule has 2 aliphatic rings. The second-order valence-corrected chi connectivity index (χ2v) is 9.78. The molecule has 2 aromatic heterocycles. The third kappa shape index (κ3) is 5.27. The minimum atomic E-state index is -0.495. The van der Waals surface area contributed by atoms with Crippen LogP contribution < -0.4 is 10.6 Å². The van der Waals surface area contributed by atoms with Crippen LogP contribution in [0.2, 0.25) is 0 Å². The van der Waals surface area contributed by atoms with Gasteiger partial charge in [-0.2, -0.15) is 0 Å². The van der Waals surface area contributed by atoms with Crippen molar-refractivity contribution in [2.45, 2.75) is 58.0 Å². The second kappa shape index (κ2) is 10.6. The third-order valence-corrected chi connectivity index (χ3v) is 7.37. The molecule has 3 amide bonds. The van der Waals surface area contributed by atoms with Gasteiger partial charge in [0.25, 0.3) is 5.91 Å². The summed E-state index contributed by atoms with van der Waals surface area (Å²) in [5.74, 6) is 0.00164. The van der Waals surface area contributed by atoms with Crippen LogP contribution in [0.5, 0.6) is 0 Å². The highest BCUT2D eigenvalue weighted by atomic mass is 16.2. The average molecular weight is 468 g/mol. The Bertz CT molecular complexity index is 1030. The van der Waals surface area contributed by atoms with Gasteiger partial charge in [-0.3, -0.25) is 14.4 Å². The molecule has 2 N–H and O–H groups in total. The van der Waals surface area contributed by atoms with E-state index in [-0.39, 0.29) is 29.7 Å². The standard InChI is InChI=1S/C26H37N5O3/c1-18-15-22-10-9-21(17-31(22)16-18)25(33)29-11-13-30(14-12-29)26(34)23(20-7-5-4-6-8-20)28-24(32)19(2)27-3/h9-10,15-17,19-20,23,27H,4-8,11-14H2,1-3H3,(H,28,32)/t19-,23-/m0/s1. The fraction of sp³-hybridized carbons (Fsp3) is 0.577. The van der Waals surface area contributed by atoms with E-state index in [0.29, 0.717) is 31.7 Å². The van der Waals surface area contributed by atoms with E-state index in [2.05, 4.69) is 16.7 Å². The number of likely N-dealkylation sites (N-methyl/N-ethyl adjacent to an activating group) is 1. The molecule has 184 valence electrons. The summed E-state index contributed by atoms with van der Waals surface area (Å²) < 4.78 is 1.98. The van der Waals surface area contributed by atoms with Gasteiger partial charge in [-0.15, -0.1) is 0 Å². The van der Waals surface area contributed by atoms with Gasteiger partial charge >= 0.3 is 0 Å². The van der Waals surface area contributed by atoms with Crippen LogP contribution in [0.1, 0.15) is 54.9 Å². The van der Waals surface area contributed by atoms with Crippen molar-refractivity contribution in [3.63, 3.8) is 0 Å². The molecule has 0 spiro atoms. The summed E-state index contributed by atoms with van der Waals surface area (Å²) >= 11 is 0. The highest BCUT2D eigenvalue weighted by molar-refractivity contribution is 5.95. The monoisotopic (exact) mass is 467 g/mol. The maximum atomic E-state index is 13.5. The van der Waals surface area contributed by atoms with Crippen molar-refractivity contribution in [2.24, 2.45) is 5.92 Å². The topological polar surface area (TPSA) is 86.2 Å². The highest BCUT2D eigenvalue weighted by Gasteiger charge is 2.36. The molecular formula is C26H37N5O3. The molecule has 1 saturated heterocycles. The molecule has 8 heteroatoms. The van der Waals surface area contributed by atoms with Crippen molar-refractivity contribution >= 4 is 23.2 Å². The van der Waals surface area contributed by atoms with Gasteiger partial charge in [0.15, 0.2) is 0 Å². The largest absolute Gasteiger partial charge is 0.343 e. The van der Waals surface area contributed by atoms with E-state index in [0.717, 1.165) is 36.8 Å². The predicted molar refractivity (Wildman–Crippen MR) is 132 cm³/mol. The molecule has 1 aliphatic carbocycles. The predicted octanol–water partition coefficient (Wildman–Crippen LogP) is 2.21. The Kier molecular flexibility index (Phi) is 7.56. The molecule has 0 unspecified atom stereocenters. The van der Waals surface area contributed by atoms with E-state index in [4.69, 9.17) is 0 Å². The number of amides is 3. The number of pyridine rings is 1. The maximum Gasteiger partial charge on any atom is 0.255 e. The highest BCUT2D eigenvalue weighted by Crippen LogP contribution is 2.28. The van der Waals surface area contributed by atoms with Crippen LogP contribution in [0, 0.1) is 12.8 Å². The van der Waals surface area contributed by atoms with Crippen LogP contribution in [0.3, 0.4) is 0 Å². The molecule has 2 fully saturated rings. The molecule has 0 bridgehead atoms. The minimum absolute atomic E-state index is 0.0136. The van der Waals surface area contributed by atoms with Crippen LogP contribution in [0.15, 0.2) is 30.6 Å². The number of rotatable bonds is 6. The lowest BCUT2D eigenvalue weighted by molar-refractivity contribution is -0.140. The summed E-state index contributed by atoms with van der Waals surface area (Å²) in [6, 6.07) is 5.06. The van der Waals surface area contributed by atoms with Gasteiger partial charge in [0.05, 0.1) is 11.6 Å². The number of aryl methyl sites for hydroxylation is 1. The molecule has 3 heterocycles. The number of hydrogen-bond donors (Lipinski definition) is 2. The SMILES string of the molecule is CN[C@@H](C)C(=O)N[C@H](C(=O)N1CCN(C(=O)c2ccc3cc(C)cn3c2)CC1)C1CCCCC1. The summed E-state index contributed by atoms with van der Waals surface area (Å²) in [7, 11) is 1.74. The number of aromatic nitrogens is 1. The van der Waals surface area contributed by atoms with Gasteiger partial charge in [0.1, 0.15) is 6.04 Å². The van der Waals surface area contributed by atoms with Crippen LogP contribution in [0.4, 0.5) is 0 Å². The molecule has 4 rings (SSSR count). The zero-order valence-corrected chi connectivity index (χ0v) is 20.5. The van der Waals surface area contributed by atoms with Gasteiger partial charge in [-0.25, -0.2) is 0 Å². The molecule has 1 aliphatic heterocycles. The fourth-order valence-electron chi connectivity index (χ4n) is 5.15. The number of nitrogens with zero attached hydrogens (tertiary/aromatic N) is 3. The quantitative estimate of drug-likeness (QED) is 0.682. The first-order valence-corrected chi connectivity index (χ1v) is 12.5. The van der Waals surface area contributed by atoms with Crippen LogP contribution in [-0.2, 0) is 9.59 Å². The first-order chi connectivity index (χ1) is 16.4. The molecule has 8 nitrogen and oxygen atoms in total. The first kappa shape index (κ1) is 24.3. The molecule has 2 aromatic rings. The van der Waals surface area contributed by atoms with Crippen molar-refractivity contribution in [1.82, 2.24) is 24.8 Å². The van der Waals surface area contributed by atoms with E-state index < -0.39 is 6.04 Å². The van der Waals surface area contributed by atoms with Crippen LogP contribution >= 0.6 is 0 Å². The van der Waals surface area contributed by atoms with Gasteiger partial charge in [-0.1, -0.05) is 19.3 Å². The first-order valence-electron chi connectivity index (χ1n) is 12.5. The normalized spacial score (nSPS) is 19.1. The number of fused-ring (bicyclic) bond motifs is 1. The summed E-state index contributed by atoms with van der Waals surface area (Å²) in [6.07, 6.45) is 9.19. The van der Waals surface area contributed by atoms with Gasteiger partial charge in [0.2, 0.25) is 11.8 Å². The van der Waals surface area contributed by atoms with Crippen molar-refractivity contribution in [3.05, 3.63) is 41.7 Å². The molecule has 1 saturated carbocycles. The fourth-order valence-corrected chi connectivity index (χ4v) is 5.15. The Morgan fingerprint density at radius 1 is 0.971 bits per heavy atom. The van der Waals surface area contributed by atoms with Crippen molar-refractivity contribution in [3.8, 4) is 0 Å². The second-order valence-electron chi connectivity index (χ2n) is 9.78. The van der Waals surface area contributed by atoms with E-state index in [1.807, 2.05) is 45.7 Å². The minimum Gasteiger partial charge on any atom is -0.343 e. The molecule has 34 heavy (non-hydrogen) atoms. The Hall–Kier alpha value is -2.87. The van der Waals surface area contributed by atoms with Crippen molar-refractivity contribution in [2.75, 3.05) is 33.2 Å². The molecule has 0 aromatic carbocycles. The van der Waals surface area contributed by atoms with Crippen LogP contribution in [-0.4, -0.2) is 77.2 Å². The van der Waals surface area contributed by atoms with E-state index in [9.17, 15) is 14.4 Å². The van der Waals surface area contributed by atoms with E-state index >= 15 is 0 Å². The molecule has 2 atom stereocenters. The van der Waals surface area contributed by atoms with Gasteiger partial charge < -0.3 is 24.8 Å². The van der Waals surface area contributed by atoms with Crippen molar-refractivity contribution < 1.29 is 14.4 Å². The molecule has 0 radical (unpaired) electrons. The summed E-state index contributed by atoms with van der Waals surface area (Å²) in [4.78, 5) is 42.9. The third-order valence-electron chi connectivity index (χ3n) is 7.37. The average Bonchev–Trinajstić information content (AvgIpc) is 3.25. The van der Waals surface area contributed by atoms with Crippen LogP contribution in [0.25, 0.3) is 5.52 Å². The summed E-state index contributed by atoms with van der Waals surface area (Å²) in [6.45, 7) is 5.78. The Labute approximate surface area is 201 Å². The Balaban J connectivity index is 1.40. The number of carbonyl (C=O) groups is 3. The summed E-state index contributed by atoms with van der Waals surface area (Å²) in [5.41, 5.74) is 2.87. The van der Waals surface area contributed by atoms with Gasteiger partial charge in [0, 0.05) is 44.1 Å². The number of hydrogen-bond acceptors (Lipinski definition) is 4. The lowest BCUT2D eigenvalue weighted by Gasteiger charge is -2.39. The number of piperazine rings is 1. The van der Waals surface area contributed by atoms with Gasteiger partial charge in [-0.05, 0) is 63.4 Å². The summed E-state index contributed by atoms with van der Waals surface area (Å²) in [5, 5.41) is 5.99. The Morgan fingerprint density at radius 3 is 2.32 bits per heavy atom. The van der Waals surface area contributed by atoms with E-state index in [1.165, 1.54) is 6.42 Å². The lowest BCUT2D eigenvalue weighted by atomic mass is 9.83. The van der Waals surface area contributed by atoms with Crippen molar-refractivity contribution in [1.29, 1.82) is 0 Å². The smallest absolute Gasteiger partial charge is 0.255 e.